The molecule has 7 nitrogen and oxygen atoms in total. The van der Waals surface area contributed by atoms with Crippen molar-refractivity contribution in [3.05, 3.63) is 35.9 Å². The summed E-state index contributed by atoms with van der Waals surface area (Å²) in [6.07, 6.45) is 2.50. The van der Waals surface area contributed by atoms with Gasteiger partial charge in [0.05, 0.1) is 24.7 Å². The Morgan fingerprint density at radius 3 is 2.79 bits per heavy atom. The van der Waals surface area contributed by atoms with Gasteiger partial charge in [-0.25, -0.2) is 8.42 Å². The van der Waals surface area contributed by atoms with Crippen LogP contribution in [-0.2, 0) is 25.1 Å². The molecule has 0 bridgehead atoms. The van der Waals surface area contributed by atoms with Gasteiger partial charge in [-0.1, -0.05) is 30.3 Å². The van der Waals surface area contributed by atoms with Crippen LogP contribution in [0.25, 0.3) is 0 Å². The smallest absolute Gasteiger partial charge is 0.191 e. The Hall–Kier alpha value is -1.64. The monoisotopic (exact) mass is 425 g/mol. The van der Waals surface area contributed by atoms with Gasteiger partial charge in [0, 0.05) is 38.8 Å². The molecule has 1 fully saturated rings. The third-order valence-corrected chi connectivity index (χ3v) is 6.28. The van der Waals surface area contributed by atoms with E-state index in [9.17, 15) is 8.42 Å². The van der Waals surface area contributed by atoms with Crippen LogP contribution in [0.1, 0.15) is 31.7 Å². The Bertz CT molecular complexity index is 689. The maximum absolute atomic E-state index is 12.2. The van der Waals surface area contributed by atoms with Crippen molar-refractivity contribution in [1.29, 1.82) is 0 Å². The predicted octanol–water partition coefficient (Wildman–Crippen LogP) is 1.99. The summed E-state index contributed by atoms with van der Waals surface area (Å²) in [7, 11) is -3.11. The Morgan fingerprint density at radius 1 is 1.24 bits per heavy atom. The molecule has 1 aromatic rings. The predicted molar refractivity (Wildman–Crippen MR) is 117 cm³/mol. The molecule has 164 valence electrons. The first-order chi connectivity index (χ1) is 14.1. The average molecular weight is 426 g/mol. The van der Waals surface area contributed by atoms with E-state index in [1.54, 1.807) is 0 Å². The molecule has 1 aliphatic heterocycles. The van der Waals surface area contributed by atoms with Crippen LogP contribution < -0.4 is 10.6 Å². The molecule has 29 heavy (non-hydrogen) atoms. The summed E-state index contributed by atoms with van der Waals surface area (Å²) in [6, 6.07) is 9.29. The Labute approximate surface area is 175 Å². The molecule has 0 radical (unpaired) electrons. The van der Waals surface area contributed by atoms with Crippen LogP contribution in [0.15, 0.2) is 35.3 Å². The number of ether oxygens (including phenoxy) is 2. The van der Waals surface area contributed by atoms with Gasteiger partial charge in [-0.05, 0) is 31.7 Å². The number of guanidine groups is 1. The van der Waals surface area contributed by atoms with Gasteiger partial charge in [0.15, 0.2) is 15.8 Å². The molecule has 1 unspecified atom stereocenters. The van der Waals surface area contributed by atoms with Gasteiger partial charge in [0.1, 0.15) is 0 Å². The fourth-order valence-corrected chi connectivity index (χ4v) is 4.48. The molecule has 0 amide bonds. The molecule has 2 rings (SSSR count). The minimum absolute atomic E-state index is 0.0862. The van der Waals surface area contributed by atoms with Gasteiger partial charge in [0.25, 0.3) is 0 Å². The van der Waals surface area contributed by atoms with Crippen LogP contribution in [0.5, 0.6) is 0 Å². The van der Waals surface area contributed by atoms with Gasteiger partial charge >= 0.3 is 0 Å². The molecule has 0 aliphatic carbocycles. The lowest BCUT2D eigenvalue weighted by Crippen LogP contribution is -2.38. The molecular formula is C21H35N3O4S. The van der Waals surface area contributed by atoms with E-state index in [1.807, 2.05) is 37.3 Å². The summed E-state index contributed by atoms with van der Waals surface area (Å²) in [6.45, 7) is 7.15. The third kappa shape index (κ3) is 10.6. The van der Waals surface area contributed by atoms with E-state index in [0.29, 0.717) is 25.5 Å². The van der Waals surface area contributed by atoms with Crippen LogP contribution in [0.4, 0.5) is 0 Å². The molecular weight excluding hydrogens is 390 g/mol. The SMILES string of the molecule is CCNC(=NCCCS(=O)(=O)Cc1ccccc1)NCCCOCC1CCOC1. The van der Waals surface area contributed by atoms with Crippen molar-refractivity contribution in [1.82, 2.24) is 10.6 Å². The lowest BCUT2D eigenvalue weighted by molar-refractivity contribution is 0.0888. The maximum atomic E-state index is 12.2. The minimum atomic E-state index is -3.11. The van der Waals surface area contributed by atoms with Crippen LogP contribution in [0.2, 0.25) is 0 Å². The number of nitrogens with zero attached hydrogens (tertiary/aromatic N) is 1. The van der Waals surface area contributed by atoms with E-state index < -0.39 is 9.84 Å². The Kier molecular flexibility index (Phi) is 11.1. The van der Waals surface area contributed by atoms with Gasteiger partial charge in [0.2, 0.25) is 0 Å². The van der Waals surface area contributed by atoms with Gasteiger partial charge in [-0.3, -0.25) is 4.99 Å². The van der Waals surface area contributed by atoms with Crippen molar-refractivity contribution < 1.29 is 17.9 Å². The molecule has 0 saturated carbocycles. The second kappa shape index (κ2) is 13.6. The van der Waals surface area contributed by atoms with Crippen LogP contribution in [-0.4, -0.2) is 66.2 Å². The van der Waals surface area contributed by atoms with Crippen molar-refractivity contribution in [2.75, 3.05) is 51.8 Å². The fourth-order valence-electron chi connectivity index (χ4n) is 3.06. The van der Waals surface area contributed by atoms with Crippen molar-refractivity contribution in [2.45, 2.75) is 31.9 Å². The molecule has 8 heteroatoms. The summed E-state index contributed by atoms with van der Waals surface area (Å²) in [5.74, 6) is 1.49. The molecule has 1 saturated heterocycles. The lowest BCUT2D eigenvalue weighted by Gasteiger charge is -2.12. The highest BCUT2D eigenvalue weighted by Crippen LogP contribution is 2.12. The molecule has 1 aliphatic rings. The zero-order valence-corrected chi connectivity index (χ0v) is 18.3. The summed E-state index contributed by atoms with van der Waals surface area (Å²) < 4.78 is 35.5. The zero-order valence-electron chi connectivity index (χ0n) is 17.4. The number of hydrogen-bond donors (Lipinski definition) is 2. The molecule has 0 spiro atoms. The highest BCUT2D eigenvalue weighted by molar-refractivity contribution is 7.90. The first kappa shape index (κ1) is 23.6. The number of nitrogens with one attached hydrogen (secondary N) is 2. The summed E-state index contributed by atoms with van der Waals surface area (Å²) in [4.78, 5) is 4.48. The highest BCUT2D eigenvalue weighted by Gasteiger charge is 2.15. The van der Waals surface area contributed by atoms with E-state index in [2.05, 4.69) is 15.6 Å². The zero-order chi connectivity index (χ0) is 20.8. The lowest BCUT2D eigenvalue weighted by atomic mass is 10.1. The maximum Gasteiger partial charge on any atom is 0.191 e. The van der Waals surface area contributed by atoms with E-state index in [0.717, 1.165) is 57.3 Å². The number of aliphatic imine (C=N–C) groups is 1. The molecule has 1 atom stereocenters. The average Bonchev–Trinajstić information content (AvgIpc) is 3.21. The number of benzene rings is 1. The normalized spacial score (nSPS) is 17.4. The summed E-state index contributed by atoms with van der Waals surface area (Å²) >= 11 is 0. The van der Waals surface area contributed by atoms with Gasteiger partial charge in [-0.15, -0.1) is 0 Å². The van der Waals surface area contributed by atoms with E-state index in [1.165, 1.54) is 0 Å². The van der Waals surface area contributed by atoms with E-state index in [-0.39, 0.29) is 11.5 Å². The van der Waals surface area contributed by atoms with Crippen LogP contribution >= 0.6 is 0 Å². The van der Waals surface area contributed by atoms with Gasteiger partial charge < -0.3 is 20.1 Å². The second-order valence-electron chi connectivity index (χ2n) is 7.28. The summed E-state index contributed by atoms with van der Waals surface area (Å²) in [5.41, 5.74) is 0.827. The second-order valence-corrected chi connectivity index (χ2v) is 9.46. The van der Waals surface area contributed by atoms with E-state index >= 15 is 0 Å². The van der Waals surface area contributed by atoms with Crippen molar-refractivity contribution in [3.8, 4) is 0 Å². The Balaban J connectivity index is 1.60. The van der Waals surface area contributed by atoms with Crippen molar-refractivity contribution in [2.24, 2.45) is 10.9 Å². The number of sulfone groups is 1. The third-order valence-electron chi connectivity index (χ3n) is 4.59. The molecule has 1 aromatic carbocycles. The van der Waals surface area contributed by atoms with Gasteiger partial charge in [-0.2, -0.15) is 0 Å². The number of hydrogen-bond acceptors (Lipinski definition) is 5. The summed E-state index contributed by atoms with van der Waals surface area (Å²) in [5, 5.41) is 6.46. The molecule has 0 aromatic heterocycles. The highest BCUT2D eigenvalue weighted by atomic mass is 32.2. The van der Waals surface area contributed by atoms with E-state index in [4.69, 9.17) is 9.47 Å². The largest absolute Gasteiger partial charge is 0.381 e. The van der Waals surface area contributed by atoms with Crippen molar-refractivity contribution in [3.63, 3.8) is 0 Å². The van der Waals surface area contributed by atoms with Crippen molar-refractivity contribution >= 4 is 15.8 Å². The standard InChI is InChI=1S/C21H35N3O4S/c1-2-22-21(23-11-6-13-27-16-20-10-14-28-17-20)24-12-7-15-29(25,26)18-19-8-4-3-5-9-19/h3-5,8-9,20H,2,6-7,10-18H2,1H3,(H2,22,23,24). The topological polar surface area (TPSA) is 89.0 Å². The number of rotatable bonds is 13. The first-order valence-corrected chi connectivity index (χ1v) is 12.3. The molecule has 1 heterocycles. The fraction of sp³-hybridized carbons (Fsp3) is 0.667. The quantitative estimate of drug-likeness (QED) is 0.285. The first-order valence-electron chi connectivity index (χ1n) is 10.5. The Morgan fingerprint density at radius 2 is 2.07 bits per heavy atom. The minimum Gasteiger partial charge on any atom is -0.381 e. The molecule has 2 N–H and O–H groups in total. The van der Waals surface area contributed by atoms with Crippen LogP contribution in [0.3, 0.4) is 0 Å². The van der Waals surface area contributed by atoms with Crippen LogP contribution in [0, 0.1) is 5.92 Å².